The molecule has 0 bridgehead atoms. The van der Waals surface area contributed by atoms with Gasteiger partial charge in [0.15, 0.2) is 16.3 Å². The van der Waals surface area contributed by atoms with Gasteiger partial charge >= 0.3 is 5.69 Å². The highest BCUT2D eigenvalue weighted by Crippen LogP contribution is 2.20. The lowest BCUT2D eigenvalue weighted by Crippen LogP contribution is -2.37. The molecule has 154 valence electrons. The van der Waals surface area contributed by atoms with Crippen molar-refractivity contribution in [1.82, 2.24) is 18.7 Å². The average molecular weight is 416 g/mol. The number of aromatic nitrogens is 4. The van der Waals surface area contributed by atoms with Gasteiger partial charge in [0, 0.05) is 26.8 Å². The summed E-state index contributed by atoms with van der Waals surface area (Å²) < 4.78 is 4.08. The van der Waals surface area contributed by atoms with Gasteiger partial charge < -0.3 is 9.88 Å². The van der Waals surface area contributed by atoms with E-state index in [1.165, 1.54) is 28.9 Å². The predicted molar refractivity (Wildman–Crippen MR) is 116 cm³/mol. The molecule has 3 aromatic rings. The summed E-state index contributed by atoms with van der Waals surface area (Å²) in [4.78, 5) is 41.1. The highest BCUT2D eigenvalue weighted by molar-refractivity contribution is 7.99. The molecule has 29 heavy (non-hydrogen) atoms. The number of carbonyl (C=O) groups excluding carboxylic acids is 1. The van der Waals surface area contributed by atoms with Gasteiger partial charge in [-0.15, -0.1) is 0 Å². The number of nitrogens with one attached hydrogen (secondary N) is 1. The van der Waals surface area contributed by atoms with Gasteiger partial charge in [0.05, 0.1) is 5.75 Å². The molecule has 0 saturated heterocycles. The third-order valence-corrected chi connectivity index (χ3v) is 5.84. The third-order valence-electron chi connectivity index (χ3n) is 4.81. The average Bonchev–Trinajstić information content (AvgIpc) is 3.05. The Kier molecular flexibility index (Phi) is 6.26. The SMILES string of the molecule is CCCCc1ccc(NC(=O)CSc2nc3c(=O)n(C)c(=O)n(C)c3n2C)cc1. The van der Waals surface area contributed by atoms with Crippen molar-refractivity contribution in [2.75, 3.05) is 11.1 Å². The molecule has 8 nitrogen and oxygen atoms in total. The zero-order chi connectivity index (χ0) is 21.1. The second-order valence-corrected chi connectivity index (χ2v) is 7.91. The lowest BCUT2D eigenvalue weighted by molar-refractivity contribution is -0.113. The van der Waals surface area contributed by atoms with Crippen LogP contribution in [0.4, 0.5) is 5.69 Å². The molecule has 0 unspecified atom stereocenters. The van der Waals surface area contributed by atoms with Gasteiger partial charge in [0.25, 0.3) is 5.56 Å². The number of carbonyl (C=O) groups is 1. The molecule has 9 heteroatoms. The minimum Gasteiger partial charge on any atom is -0.325 e. The summed E-state index contributed by atoms with van der Waals surface area (Å²) in [6, 6.07) is 7.87. The Hall–Kier alpha value is -2.81. The molecule has 0 aliphatic rings. The summed E-state index contributed by atoms with van der Waals surface area (Å²) in [5, 5.41) is 3.37. The molecule has 2 aromatic heterocycles. The number of imidazole rings is 1. The van der Waals surface area contributed by atoms with Crippen molar-refractivity contribution < 1.29 is 4.79 Å². The molecular formula is C20H25N5O3S. The normalized spacial score (nSPS) is 11.2. The topological polar surface area (TPSA) is 90.9 Å². The van der Waals surface area contributed by atoms with Crippen molar-refractivity contribution in [3.05, 3.63) is 50.7 Å². The first-order chi connectivity index (χ1) is 13.8. The molecule has 1 N–H and O–H groups in total. The number of hydrogen-bond acceptors (Lipinski definition) is 5. The molecule has 0 fully saturated rings. The van der Waals surface area contributed by atoms with Gasteiger partial charge in [-0.3, -0.25) is 18.7 Å². The first-order valence-electron chi connectivity index (χ1n) is 9.47. The quantitative estimate of drug-likeness (QED) is 0.597. The van der Waals surface area contributed by atoms with Crippen LogP contribution in [0.25, 0.3) is 11.2 Å². The van der Waals surface area contributed by atoms with E-state index in [4.69, 9.17) is 0 Å². The number of aryl methyl sites for hydroxylation is 3. The summed E-state index contributed by atoms with van der Waals surface area (Å²) in [5.41, 5.74) is 1.79. The lowest BCUT2D eigenvalue weighted by Gasteiger charge is -2.07. The minimum absolute atomic E-state index is 0.142. The van der Waals surface area contributed by atoms with Gasteiger partial charge in [-0.05, 0) is 30.5 Å². The Bertz CT molecular complexity index is 1160. The van der Waals surface area contributed by atoms with E-state index in [0.29, 0.717) is 10.8 Å². The number of fused-ring (bicyclic) bond motifs is 1. The van der Waals surface area contributed by atoms with E-state index < -0.39 is 11.2 Å². The van der Waals surface area contributed by atoms with Crippen LogP contribution in [0.5, 0.6) is 0 Å². The van der Waals surface area contributed by atoms with E-state index in [2.05, 4.69) is 17.2 Å². The maximum Gasteiger partial charge on any atom is 0.332 e. The van der Waals surface area contributed by atoms with Crippen LogP contribution < -0.4 is 16.6 Å². The summed E-state index contributed by atoms with van der Waals surface area (Å²) in [5.74, 6) is -0.0200. The molecule has 0 spiro atoms. The molecule has 2 heterocycles. The zero-order valence-corrected chi connectivity index (χ0v) is 17.9. The Morgan fingerprint density at radius 2 is 1.76 bits per heavy atom. The van der Waals surface area contributed by atoms with Crippen LogP contribution in [0.3, 0.4) is 0 Å². The van der Waals surface area contributed by atoms with E-state index in [1.54, 1.807) is 18.7 Å². The van der Waals surface area contributed by atoms with Crippen LogP contribution in [-0.2, 0) is 32.4 Å². The predicted octanol–water partition coefficient (Wildman–Crippen LogP) is 2.04. The number of unbranched alkanes of at least 4 members (excludes halogenated alkanes) is 1. The fourth-order valence-corrected chi connectivity index (χ4v) is 3.92. The Morgan fingerprint density at radius 3 is 2.41 bits per heavy atom. The fourth-order valence-electron chi connectivity index (χ4n) is 3.15. The van der Waals surface area contributed by atoms with Gasteiger partial charge in [-0.25, -0.2) is 9.78 Å². The summed E-state index contributed by atoms with van der Waals surface area (Å²) in [6.45, 7) is 2.16. The van der Waals surface area contributed by atoms with Crippen molar-refractivity contribution in [2.45, 2.75) is 31.3 Å². The molecule has 0 saturated carbocycles. The monoisotopic (exact) mass is 415 g/mol. The van der Waals surface area contributed by atoms with Gasteiger partial charge in [-0.1, -0.05) is 37.2 Å². The molecule has 0 aliphatic carbocycles. The number of amides is 1. The van der Waals surface area contributed by atoms with Crippen LogP contribution in [-0.4, -0.2) is 30.3 Å². The minimum atomic E-state index is -0.446. The van der Waals surface area contributed by atoms with E-state index in [-0.39, 0.29) is 17.2 Å². The smallest absolute Gasteiger partial charge is 0.325 e. The van der Waals surface area contributed by atoms with Crippen LogP contribution >= 0.6 is 11.8 Å². The van der Waals surface area contributed by atoms with Crippen LogP contribution in [0.15, 0.2) is 39.0 Å². The standard InChI is InChI=1S/C20H25N5O3S/c1-5-6-7-13-8-10-14(11-9-13)21-15(26)12-29-19-22-16-17(23(19)2)24(3)20(28)25(4)18(16)27/h8-11H,5-7,12H2,1-4H3,(H,21,26). The number of benzene rings is 1. The summed E-state index contributed by atoms with van der Waals surface area (Å²) in [7, 11) is 4.74. The number of anilines is 1. The fraction of sp³-hybridized carbons (Fsp3) is 0.400. The second kappa shape index (κ2) is 8.69. The van der Waals surface area contributed by atoms with E-state index in [1.807, 2.05) is 24.3 Å². The van der Waals surface area contributed by atoms with Crippen molar-refractivity contribution >= 4 is 34.5 Å². The van der Waals surface area contributed by atoms with E-state index in [0.717, 1.165) is 29.5 Å². The molecular weight excluding hydrogens is 390 g/mol. The zero-order valence-electron chi connectivity index (χ0n) is 17.1. The third kappa shape index (κ3) is 4.29. The van der Waals surface area contributed by atoms with Crippen molar-refractivity contribution in [2.24, 2.45) is 21.1 Å². The van der Waals surface area contributed by atoms with Crippen molar-refractivity contribution in [3.8, 4) is 0 Å². The highest BCUT2D eigenvalue weighted by Gasteiger charge is 2.18. The van der Waals surface area contributed by atoms with Crippen LogP contribution in [0, 0.1) is 0 Å². The maximum absolute atomic E-state index is 12.3. The lowest BCUT2D eigenvalue weighted by atomic mass is 10.1. The number of hydrogen-bond donors (Lipinski definition) is 1. The molecule has 0 atom stereocenters. The van der Waals surface area contributed by atoms with E-state index in [9.17, 15) is 14.4 Å². The largest absolute Gasteiger partial charge is 0.332 e. The molecule has 1 aromatic carbocycles. The van der Waals surface area contributed by atoms with Crippen LogP contribution in [0.1, 0.15) is 25.3 Å². The van der Waals surface area contributed by atoms with Crippen LogP contribution in [0.2, 0.25) is 0 Å². The van der Waals surface area contributed by atoms with E-state index >= 15 is 0 Å². The first kappa shape index (κ1) is 20.9. The first-order valence-corrected chi connectivity index (χ1v) is 10.5. The maximum atomic E-state index is 12.3. The molecule has 0 aliphatic heterocycles. The highest BCUT2D eigenvalue weighted by atomic mass is 32.2. The summed E-state index contributed by atoms with van der Waals surface area (Å²) >= 11 is 1.22. The Labute approximate surface area is 172 Å². The van der Waals surface area contributed by atoms with Gasteiger partial charge in [0.1, 0.15) is 0 Å². The number of thioether (sulfide) groups is 1. The van der Waals surface area contributed by atoms with Gasteiger partial charge in [-0.2, -0.15) is 0 Å². The molecule has 1 amide bonds. The van der Waals surface area contributed by atoms with Crippen molar-refractivity contribution in [1.29, 1.82) is 0 Å². The second-order valence-electron chi connectivity index (χ2n) is 6.97. The number of rotatable bonds is 7. The van der Waals surface area contributed by atoms with Crippen molar-refractivity contribution in [3.63, 3.8) is 0 Å². The molecule has 0 radical (unpaired) electrons. The summed E-state index contributed by atoms with van der Waals surface area (Å²) in [6.07, 6.45) is 3.34. The van der Waals surface area contributed by atoms with Gasteiger partial charge in [0.2, 0.25) is 5.91 Å². The molecule has 3 rings (SSSR count). The Balaban J connectivity index is 1.70. The number of nitrogens with zero attached hydrogens (tertiary/aromatic N) is 4. The Morgan fingerprint density at radius 1 is 1.07 bits per heavy atom.